The summed E-state index contributed by atoms with van der Waals surface area (Å²) in [5.74, 6) is -1.04. The Morgan fingerprint density at radius 1 is 1.03 bits per heavy atom. The number of fused-ring (bicyclic) bond motifs is 2. The molecule has 0 aromatic carbocycles. The maximum Gasteiger partial charge on any atom is 0.248 e. The van der Waals surface area contributed by atoms with Crippen molar-refractivity contribution in [2.45, 2.75) is 44.9 Å². The SMILES string of the molecule is C=CCNC1=C2CCCCCC/C=C\[CH]C/C=C\C=C/C(=O)NC(=CC1=O)C2=O. The molecule has 1 heterocycles. The van der Waals surface area contributed by atoms with Gasteiger partial charge in [0.15, 0.2) is 0 Å². The highest BCUT2D eigenvalue weighted by Crippen LogP contribution is 2.22. The number of Topliss-reactive ketones (excluding diaryl/α,β-unsaturated/α-hetero) is 1. The van der Waals surface area contributed by atoms with E-state index in [9.17, 15) is 14.4 Å². The van der Waals surface area contributed by atoms with E-state index in [2.05, 4.69) is 35.8 Å². The van der Waals surface area contributed by atoms with E-state index in [4.69, 9.17) is 0 Å². The van der Waals surface area contributed by atoms with Crippen molar-refractivity contribution in [1.82, 2.24) is 10.6 Å². The van der Waals surface area contributed by atoms with Crippen LogP contribution in [0.4, 0.5) is 0 Å². The molecule has 0 aromatic heterocycles. The second-order valence-electron chi connectivity index (χ2n) is 6.90. The van der Waals surface area contributed by atoms with E-state index in [0.29, 0.717) is 24.2 Å². The van der Waals surface area contributed by atoms with Crippen molar-refractivity contribution in [3.05, 3.63) is 78.6 Å². The van der Waals surface area contributed by atoms with Crippen LogP contribution in [0.1, 0.15) is 44.9 Å². The Labute approximate surface area is 173 Å². The molecule has 1 amide bonds. The van der Waals surface area contributed by atoms with Crippen molar-refractivity contribution in [2.24, 2.45) is 0 Å². The second kappa shape index (κ2) is 12.5. The maximum absolute atomic E-state index is 12.9. The number of carbonyl (C=O) groups excluding carboxylic acids is 3. The van der Waals surface area contributed by atoms with Gasteiger partial charge in [0, 0.05) is 24.3 Å². The van der Waals surface area contributed by atoms with E-state index >= 15 is 0 Å². The van der Waals surface area contributed by atoms with Gasteiger partial charge in [-0.25, -0.2) is 0 Å². The van der Waals surface area contributed by atoms with Gasteiger partial charge in [0.05, 0.1) is 11.4 Å². The summed E-state index contributed by atoms with van der Waals surface area (Å²) in [7, 11) is 0. The maximum atomic E-state index is 12.9. The van der Waals surface area contributed by atoms with Gasteiger partial charge in [-0.15, -0.1) is 6.58 Å². The topological polar surface area (TPSA) is 75.3 Å². The number of hydrogen-bond donors (Lipinski definition) is 2. The van der Waals surface area contributed by atoms with Crippen LogP contribution in [-0.2, 0) is 14.4 Å². The summed E-state index contributed by atoms with van der Waals surface area (Å²) in [6, 6.07) is 0. The van der Waals surface area contributed by atoms with Gasteiger partial charge in [0.25, 0.3) is 0 Å². The number of nitrogens with one attached hydrogen (secondary N) is 2. The Kier molecular flexibility index (Phi) is 9.63. The van der Waals surface area contributed by atoms with Crippen LogP contribution < -0.4 is 10.6 Å². The Hall–Kier alpha value is -2.95. The minimum Gasteiger partial charge on any atom is -0.378 e. The smallest absolute Gasteiger partial charge is 0.248 e. The van der Waals surface area contributed by atoms with Gasteiger partial charge in [-0.05, 0) is 38.5 Å². The van der Waals surface area contributed by atoms with Crippen LogP contribution in [-0.4, -0.2) is 24.0 Å². The van der Waals surface area contributed by atoms with Crippen LogP contribution in [0.25, 0.3) is 0 Å². The van der Waals surface area contributed by atoms with Crippen molar-refractivity contribution in [2.75, 3.05) is 6.54 Å². The fourth-order valence-electron chi connectivity index (χ4n) is 3.13. The molecule has 2 aliphatic rings. The summed E-state index contributed by atoms with van der Waals surface area (Å²) in [6.07, 6.45) is 22.1. The first kappa shape index (κ1) is 22.3. The highest BCUT2D eigenvalue weighted by Gasteiger charge is 2.28. The summed E-state index contributed by atoms with van der Waals surface area (Å²) in [5, 5.41) is 5.54. The first-order valence-electron chi connectivity index (χ1n) is 10.1. The molecule has 0 atom stereocenters. The number of amides is 1. The predicted molar refractivity (Wildman–Crippen MR) is 116 cm³/mol. The normalized spacial score (nSPS) is 23.0. The monoisotopic (exact) mass is 393 g/mol. The molecule has 0 saturated heterocycles. The zero-order valence-electron chi connectivity index (χ0n) is 16.8. The third-order valence-electron chi connectivity index (χ3n) is 4.61. The number of rotatable bonds is 3. The van der Waals surface area contributed by atoms with Crippen LogP contribution in [0.5, 0.6) is 0 Å². The summed E-state index contributed by atoms with van der Waals surface area (Å²) in [4.78, 5) is 37.6. The zero-order valence-corrected chi connectivity index (χ0v) is 16.8. The minimum absolute atomic E-state index is 0.0308. The second-order valence-corrected chi connectivity index (χ2v) is 6.90. The Morgan fingerprint density at radius 2 is 1.86 bits per heavy atom. The van der Waals surface area contributed by atoms with Crippen LogP contribution in [0.15, 0.2) is 72.2 Å². The molecule has 2 N–H and O–H groups in total. The largest absolute Gasteiger partial charge is 0.378 e. The zero-order chi connectivity index (χ0) is 20.9. The summed E-state index contributed by atoms with van der Waals surface area (Å²) >= 11 is 0. The van der Waals surface area contributed by atoms with Crippen molar-refractivity contribution in [3.63, 3.8) is 0 Å². The van der Waals surface area contributed by atoms with E-state index in [1.54, 1.807) is 18.2 Å². The molecule has 0 unspecified atom stereocenters. The van der Waals surface area contributed by atoms with Gasteiger partial charge < -0.3 is 10.6 Å². The Bertz CT molecular complexity index is 782. The van der Waals surface area contributed by atoms with E-state index < -0.39 is 5.91 Å². The molecule has 1 aliphatic heterocycles. The molecule has 5 heteroatoms. The van der Waals surface area contributed by atoms with E-state index in [-0.39, 0.29) is 17.3 Å². The number of carbonyl (C=O) groups is 3. The lowest BCUT2D eigenvalue weighted by atomic mass is 9.92. The van der Waals surface area contributed by atoms with Gasteiger partial charge in [0.2, 0.25) is 17.5 Å². The molecule has 29 heavy (non-hydrogen) atoms. The van der Waals surface area contributed by atoms with Crippen molar-refractivity contribution in [1.29, 1.82) is 0 Å². The molecular formula is C24H29N2O3. The predicted octanol–water partition coefficient (Wildman–Crippen LogP) is 3.79. The number of allylic oxidation sites excluding steroid dienone is 7. The Morgan fingerprint density at radius 3 is 2.69 bits per heavy atom. The van der Waals surface area contributed by atoms with Crippen molar-refractivity contribution < 1.29 is 14.4 Å². The molecule has 0 fully saturated rings. The molecule has 153 valence electrons. The molecule has 5 nitrogen and oxygen atoms in total. The third kappa shape index (κ3) is 7.53. The molecule has 2 bridgehead atoms. The highest BCUT2D eigenvalue weighted by molar-refractivity contribution is 6.23. The standard InChI is InChI=1S/C24H29N2O3/c1-2-17-25-23-19-15-13-11-9-7-5-3-4-6-8-10-12-14-16-22(28)26-20(24(19)29)18-21(23)27/h2-4,6,10,12,14,16,18,25H,1,5,7-9,11,13,15,17H2,(H,26,28)/b4-3-,12-10-,16-14-. The molecule has 0 aromatic rings. The van der Waals surface area contributed by atoms with Crippen LogP contribution in [0, 0.1) is 6.42 Å². The van der Waals surface area contributed by atoms with Gasteiger partial charge in [-0.1, -0.05) is 49.3 Å². The van der Waals surface area contributed by atoms with Crippen LogP contribution in [0.2, 0.25) is 0 Å². The van der Waals surface area contributed by atoms with Crippen molar-refractivity contribution >= 4 is 17.5 Å². The number of ketones is 2. The average Bonchev–Trinajstić information content (AvgIpc) is 2.70. The average molecular weight is 394 g/mol. The van der Waals surface area contributed by atoms with Gasteiger partial charge in [-0.2, -0.15) is 0 Å². The lowest BCUT2D eigenvalue weighted by Crippen LogP contribution is -2.34. The highest BCUT2D eigenvalue weighted by atomic mass is 16.2. The first-order chi connectivity index (χ1) is 14.1. The first-order valence-corrected chi connectivity index (χ1v) is 10.1. The molecular weight excluding hydrogens is 364 g/mol. The van der Waals surface area contributed by atoms with Gasteiger partial charge in [-0.3, -0.25) is 14.4 Å². The van der Waals surface area contributed by atoms with Crippen molar-refractivity contribution in [3.8, 4) is 0 Å². The van der Waals surface area contributed by atoms with E-state index in [0.717, 1.165) is 38.5 Å². The van der Waals surface area contributed by atoms with E-state index in [1.165, 1.54) is 12.2 Å². The molecule has 1 aliphatic carbocycles. The van der Waals surface area contributed by atoms with Gasteiger partial charge >= 0.3 is 0 Å². The van der Waals surface area contributed by atoms with Crippen LogP contribution >= 0.6 is 0 Å². The number of hydrogen-bond acceptors (Lipinski definition) is 4. The molecule has 0 saturated carbocycles. The Balaban J connectivity index is 2.19. The van der Waals surface area contributed by atoms with Crippen LogP contribution in [0.3, 0.4) is 0 Å². The lowest BCUT2D eigenvalue weighted by Gasteiger charge is -2.20. The third-order valence-corrected chi connectivity index (χ3v) is 4.61. The summed E-state index contributed by atoms with van der Waals surface area (Å²) < 4.78 is 0. The fraction of sp³-hybridized carbons (Fsp3) is 0.333. The molecule has 0 spiro atoms. The quantitative estimate of drug-likeness (QED) is 0.565. The molecule has 2 rings (SSSR count). The summed E-state index contributed by atoms with van der Waals surface area (Å²) in [6.45, 7) is 4.04. The van der Waals surface area contributed by atoms with E-state index in [1.807, 2.05) is 6.08 Å². The minimum atomic E-state index is -0.439. The molecule has 1 radical (unpaired) electrons. The summed E-state index contributed by atoms with van der Waals surface area (Å²) in [5.41, 5.74) is 0.782. The van der Waals surface area contributed by atoms with Gasteiger partial charge in [0.1, 0.15) is 0 Å². The lowest BCUT2D eigenvalue weighted by molar-refractivity contribution is -0.119. The fourth-order valence-corrected chi connectivity index (χ4v) is 3.13.